The van der Waals surface area contributed by atoms with E-state index in [4.69, 9.17) is 14.0 Å². The lowest BCUT2D eigenvalue weighted by molar-refractivity contribution is -0.131. The van der Waals surface area contributed by atoms with Gasteiger partial charge in [-0.1, -0.05) is 11.2 Å². The van der Waals surface area contributed by atoms with Crippen LogP contribution in [0.4, 0.5) is 0 Å². The molecule has 7 heteroatoms. The molecule has 2 heterocycles. The third-order valence-electron chi connectivity index (χ3n) is 4.81. The Hall–Kier alpha value is -2.57. The van der Waals surface area contributed by atoms with Crippen molar-refractivity contribution in [1.82, 2.24) is 15.0 Å². The summed E-state index contributed by atoms with van der Waals surface area (Å²) in [4.78, 5) is 18.8. The minimum atomic E-state index is 0.145. The fraction of sp³-hybridized carbons (Fsp3) is 0.526. The summed E-state index contributed by atoms with van der Waals surface area (Å²) in [5.74, 6) is 3.32. The van der Waals surface area contributed by atoms with Crippen LogP contribution in [-0.4, -0.2) is 48.3 Å². The highest BCUT2D eigenvalue weighted by Crippen LogP contribution is 2.28. The standard InChI is InChI=1S/C19H25N3O4/c1-13-20-18(21-26-13)11-14-6-8-22(9-7-14)19(23)12-15-4-5-16(24-2)17(10-15)25-3/h4-5,10,14H,6-9,11-12H2,1-3H3. The molecule has 0 atom stereocenters. The maximum Gasteiger partial charge on any atom is 0.226 e. The Morgan fingerprint density at radius 1 is 1.23 bits per heavy atom. The molecule has 0 radical (unpaired) electrons. The van der Waals surface area contributed by atoms with E-state index in [0.717, 1.165) is 43.7 Å². The second kappa shape index (κ2) is 8.21. The summed E-state index contributed by atoms with van der Waals surface area (Å²) < 4.78 is 15.6. The van der Waals surface area contributed by atoms with Crippen molar-refractivity contribution in [2.45, 2.75) is 32.6 Å². The van der Waals surface area contributed by atoms with Crippen LogP contribution in [0.5, 0.6) is 11.5 Å². The zero-order valence-electron chi connectivity index (χ0n) is 15.5. The molecule has 1 saturated heterocycles. The van der Waals surface area contributed by atoms with E-state index in [0.29, 0.717) is 29.7 Å². The van der Waals surface area contributed by atoms with Crippen LogP contribution >= 0.6 is 0 Å². The summed E-state index contributed by atoms with van der Waals surface area (Å²) in [6.45, 7) is 3.34. The first-order valence-corrected chi connectivity index (χ1v) is 8.87. The molecule has 0 aliphatic carbocycles. The largest absolute Gasteiger partial charge is 0.493 e. The van der Waals surface area contributed by atoms with Crippen molar-refractivity contribution in [2.24, 2.45) is 5.92 Å². The van der Waals surface area contributed by atoms with Gasteiger partial charge < -0.3 is 18.9 Å². The number of amides is 1. The number of rotatable bonds is 6. The number of hydrogen-bond donors (Lipinski definition) is 0. The molecular weight excluding hydrogens is 334 g/mol. The van der Waals surface area contributed by atoms with E-state index in [2.05, 4.69) is 10.1 Å². The van der Waals surface area contributed by atoms with Crippen molar-refractivity contribution in [1.29, 1.82) is 0 Å². The Labute approximate surface area is 153 Å². The van der Waals surface area contributed by atoms with Gasteiger partial charge in [0.1, 0.15) is 0 Å². The van der Waals surface area contributed by atoms with Crippen LogP contribution in [0.2, 0.25) is 0 Å². The molecule has 1 fully saturated rings. The van der Waals surface area contributed by atoms with Gasteiger partial charge >= 0.3 is 0 Å². The van der Waals surface area contributed by atoms with Crippen molar-refractivity contribution in [3.05, 3.63) is 35.5 Å². The fourth-order valence-corrected chi connectivity index (χ4v) is 3.35. The quantitative estimate of drug-likeness (QED) is 0.788. The van der Waals surface area contributed by atoms with Gasteiger partial charge in [-0.25, -0.2) is 0 Å². The number of piperidine rings is 1. The second-order valence-electron chi connectivity index (χ2n) is 6.62. The Balaban J connectivity index is 1.52. The van der Waals surface area contributed by atoms with E-state index in [9.17, 15) is 4.79 Å². The molecular formula is C19H25N3O4. The Morgan fingerprint density at radius 3 is 2.58 bits per heavy atom. The van der Waals surface area contributed by atoms with E-state index < -0.39 is 0 Å². The van der Waals surface area contributed by atoms with Gasteiger partial charge in [0.25, 0.3) is 0 Å². The molecule has 3 rings (SSSR count). The first-order valence-electron chi connectivity index (χ1n) is 8.87. The lowest BCUT2D eigenvalue weighted by Crippen LogP contribution is -2.39. The zero-order chi connectivity index (χ0) is 18.5. The summed E-state index contributed by atoms with van der Waals surface area (Å²) in [6.07, 6.45) is 3.11. The number of methoxy groups -OCH3 is 2. The molecule has 1 aliphatic heterocycles. The molecule has 140 valence electrons. The molecule has 1 aliphatic rings. The van der Waals surface area contributed by atoms with Crippen LogP contribution in [0.15, 0.2) is 22.7 Å². The Bertz CT molecular complexity index is 751. The van der Waals surface area contributed by atoms with Gasteiger partial charge in [-0.15, -0.1) is 0 Å². The third-order valence-corrected chi connectivity index (χ3v) is 4.81. The van der Waals surface area contributed by atoms with Crippen LogP contribution in [0, 0.1) is 12.8 Å². The number of benzene rings is 1. The van der Waals surface area contributed by atoms with Crippen molar-refractivity contribution in [3.8, 4) is 11.5 Å². The summed E-state index contributed by atoms with van der Waals surface area (Å²) in [5, 5.41) is 3.96. The Kier molecular flexibility index (Phi) is 5.75. The van der Waals surface area contributed by atoms with E-state index in [-0.39, 0.29) is 5.91 Å². The lowest BCUT2D eigenvalue weighted by atomic mass is 9.93. The molecule has 0 spiro atoms. The van der Waals surface area contributed by atoms with E-state index >= 15 is 0 Å². The van der Waals surface area contributed by atoms with Crippen LogP contribution in [0.1, 0.15) is 30.1 Å². The van der Waals surface area contributed by atoms with Gasteiger partial charge in [-0.2, -0.15) is 4.98 Å². The highest BCUT2D eigenvalue weighted by molar-refractivity contribution is 5.79. The van der Waals surface area contributed by atoms with Gasteiger partial charge in [0.2, 0.25) is 11.8 Å². The summed E-state index contributed by atoms with van der Waals surface area (Å²) in [7, 11) is 3.20. The van der Waals surface area contributed by atoms with Crippen molar-refractivity contribution in [2.75, 3.05) is 27.3 Å². The van der Waals surface area contributed by atoms with Gasteiger partial charge in [0, 0.05) is 26.4 Å². The van der Waals surface area contributed by atoms with E-state index in [1.54, 1.807) is 21.1 Å². The molecule has 7 nitrogen and oxygen atoms in total. The second-order valence-corrected chi connectivity index (χ2v) is 6.62. The summed E-state index contributed by atoms with van der Waals surface area (Å²) in [6, 6.07) is 5.60. The van der Waals surface area contributed by atoms with Crippen LogP contribution < -0.4 is 9.47 Å². The van der Waals surface area contributed by atoms with Crippen molar-refractivity contribution < 1.29 is 18.8 Å². The normalized spacial score (nSPS) is 15.1. The monoisotopic (exact) mass is 359 g/mol. The van der Waals surface area contributed by atoms with Gasteiger partial charge in [0.05, 0.1) is 20.6 Å². The van der Waals surface area contributed by atoms with Gasteiger partial charge in [0.15, 0.2) is 17.3 Å². The SMILES string of the molecule is COc1ccc(CC(=O)N2CCC(Cc3noc(C)n3)CC2)cc1OC. The minimum absolute atomic E-state index is 0.145. The molecule has 2 aromatic rings. The molecule has 0 unspecified atom stereocenters. The highest BCUT2D eigenvalue weighted by Gasteiger charge is 2.24. The summed E-state index contributed by atoms with van der Waals surface area (Å²) in [5.41, 5.74) is 0.928. The molecule has 1 amide bonds. The zero-order valence-corrected chi connectivity index (χ0v) is 15.5. The first-order chi connectivity index (χ1) is 12.6. The van der Waals surface area contributed by atoms with Gasteiger partial charge in [-0.05, 0) is 36.5 Å². The van der Waals surface area contributed by atoms with Gasteiger partial charge in [-0.3, -0.25) is 4.79 Å². The number of nitrogens with zero attached hydrogens (tertiary/aromatic N) is 3. The minimum Gasteiger partial charge on any atom is -0.493 e. The molecule has 26 heavy (non-hydrogen) atoms. The molecule has 1 aromatic carbocycles. The smallest absolute Gasteiger partial charge is 0.226 e. The number of ether oxygens (including phenoxy) is 2. The number of likely N-dealkylation sites (tertiary alicyclic amines) is 1. The number of aromatic nitrogens is 2. The maximum absolute atomic E-state index is 12.6. The van der Waals surface area contributed by atoms with Crippen molar-refractivity contribution in [3.63, 3.8) is 0 Å². The number of aryl methyl sites for hydroxylation is 1. The highest BCUT2D eigenvalue weighted by atomic mass is 16.5. The number of carbonyl (C=O) groups excluding carboxylic acids is 1. The first kappa shape index (κ1) is 18.2. The molecule has 0 bridgehead atoms. The molecule has 0 saturated carbocycles. The van der Waals surface area contributed by atoms with Crippen LogP contribution in [0.25, 0.3) is 0 Å². The maximum atomic E-state index is 12.6. The van der Waals surface area contributed by atoms with E-state index in [1.165, 1.54) is 0 Å². The van der Waals surface area contributed by atoms with Crippen LogP contribution in [-0.2, 0) is 17.6 Å². The van der Waals surface area contributed by atoms with Crippen molar-refractivity contribution >= 4 is 5.91 Å². The molecule has 1 aromatic heterocycles. The summed E-state index contributed by atoms with van der Waals surface area (Å²) >= 11 is 0. The lowest BCUT2D eigenvalue weighted by Gasteiger charge is -2.31. The Morgan fingerprint density at radius 2 is 1.96 bits per heavy atom. The predicted octanol–water partition coefficient (Wildman–Crippen LogP) is 2.42. The fourth-order valence-electron chi connectivity index (χ4n) is 3.35. The van der Waals surface area contributed by atoms with Crippen LogP contribution in [0.3, 0.4) is 0 Å². The average Bonchev–Trinajstić information content (AvgIpc) is 3.06. The number of hydrogen-bond acceptors (Lipinski definition) is 6. The number of carbonyl (C=O) groups is 1. The third kappa shape index (κ3) is 4.33. The molecule has 0 N–H and O–H groups in total. The predicted molar refractivity (Wildman–Crippen MR) is 95.3 cm³/mol. The average molecular weight is 359 g/mol. The topological polar surface area (TPSA) is 77.7 Å². The van der Waals surface area contributed by atoms with E-state index in [1.807, 2.05) is 23.1 Å².